The molecule has 0 aliphatic rings. The van der Waals surface area contributed by atoms with Crippen molar-refractivity contribution in [3.8, 4) is 0 Å². The minimum Gasteiger partial charge on any atom is -0.368 e. The lowest BCUT2D eigenvalue weighted by Gasteiger charge is -2.03. The van der Waals surface area contributed by atoms with Crippen LogP contribution in [0.25, 0.3) is 0 Å². The maximum atomic E-state index is 12.7. The molecule has 0 bridgehead atoms. The Bertz CT molecular complexity index is 511. The van der Waals surface area contributed by atoms with Crippen LogP contribution in [0.15, 0.2) is 24.3 Å². The lowest BCUT2D eigenvalue weighted by atomic mass is 10.2. The molecule has 5 nitrogen and oxygen atoms in total. The molecule has 1 heterocycles. The summed E-state index contributed by atoms with van der Waals surface area (Å²) in [5.41, 5.74) is 12.0. The molecule has 0 atom stereocenters. The van der Waals surface area contributed by atoms with E-state index in [1.165, 1.54) is 12.1 Å². The first-order valence-corrected chi connectivity index (χ1v) is 6.37. The summed E-state index contributed by atoms with van der Waals surface area (Å²) < 4.78 is 12.7. The van der Waals surface area contributed by atoms with E-state index in [0.29, 0.717) is 11.6 Å². The second kappa shape index (κ2) is 5.63. The molecule has 2 rings (SSSR count). The topological polar surface area (TPSA) is 90.7 Å². The molecule has 7 heteroatoms. The Hall–Kier alpha value is -1.89. The lowest BCUT2D eigenvalue weighted by Crippen LogP contribution is -2.06. The van der Waals surface area contributed by atoms with E-state index in [1.807, 2.05) is 0 Å². The van der Waals surface area contributed by atoms with Gasteiger partial charge in [-0.15, -0.1) is 11.8 Å². The molecular formula is C11H12FN5S. The first kappa shape index (κ1) is 12.6. The molecule has 0 aliphatic heterocycles. The van der Waals surface area contributed by atoms with Gasteiger partial charge < -0.3 is 11.5 Å². The van der Waals surface area contributed by atoms with Crippen LogP contribution in [-0.2, 0) is 11.5 Å². The van der Waals surface area contributed by atoms with Gasteiger partial charge in [0.15, 0.2) is 0 Å². The van der Waals surface area contributed by atoms with E-state index in [9.17, 15) is 4.39 Å². The van der Waals surface area contributed by atoms with Crippen LogP contribution >= 0.6 is 11.8 Å². The van der Waals surface area contributed by atoms with Crippen LogP contribution in [0.2, 0.25) is 0 Å². The number of nitrogens with zero attached hydrogens (tertiary/aromatic N) is 3. The van der Waals surface area contributed by atoms with Crippen LogP contribution in [-0.4, -0.2) is 15.0 Å². The van der Waals surface area contributed by atoms with E-state index in [0.717, 1.165) is 11.3 Å². The summed E-state index contributed by atoms with van der Waals surface area (Å²) in [7, 11) is 0. The molecule has 1 aromatic heterocycles. The third-order valence-electron chi connectivity index (χ3n) is 2.13. The molecule has 0 spiro atoms. The average molecular weight is 265 g/mol. The summed E-state index contributed by atoms with van der Waals surface area (Å²) in [5, 5.41) is 0. The number of aromatic nitrogens is 3. The largest absolute Gasteiger partial charge is 0.368 e. The van der Waals surface area contributed by atoms with Crippen LogP contribution in [0.3, 0.4) is 0 Å². The zero-order valence-electron chi connectivity index (χ0n) is 9.51. The van der Waals surface area contributed by atoms with Crippen molar-refractivity contribution in [2.45, 2.75) is 11.5 Å². The van der Waals surface area contributed by atoms with Crippen molar-refractivity contribution in [3.63, 3.8) is 0 Å². The smallest absolute Gasteiger partial charge is 0.225 e. The monoisotopic (exact) mass is 265 g/mol. The van der Waals surface area contributed by atoms with Crippen LogP contribution < -0.4 is 11.5 Å². The number of halogens is 1. The van der Waals surface area contributed by atoms with Gasteiger partial charge in [0.1, 0.15) is 11.6 Å². The van der Waals surface area contributed by atoms with Gasteiger partial charge >= 0.3 is 0 Å². The van der Waals surface area contributed by atoms with Gasteiger partial charge in [-0.25, -0.2) is 4.39 Å². The number of nitrogen functional groups attached to an aromatic ring is 2. The Kier molecular flexibility index (Phi) is 3.93. The minimum atomic E-state index is -0.234. The zero-order chi connectivity index (χ0) is 13.0. The molecule has 18 heavy (non-hydrogen) atoms. The molecule has 0 aliphatic carbocycles. The molecule has 0 radical (unpaired) electrons. The molecule has 4 N–H and O–H groups in total. The van der Waals surface area contributed by atoms with Crippen LogP contribution in [0.5, 0.6) is 0 Å². The van der Waals surface area contributed by atoms with Crippen LogP contribution in [0.4, 0.5) is 16.3 Å². The zero-order valence-corrected chi connectivity index (χ0v) is 10.3. The highest BCUT2D eigenvalue weighted by molar-refractivity contribution is 7.97. The summed E-state index contributed by atoms with van der Waals surface area (Å²) in [4.78, 5) is 11.6. The number of hydrogen-bond acceptors (Lipinski definition) is 6. The number of thioether (sulfide) groups is 1. The van der Waals surface area contributed by atoms with Gasteiger partial charge in [-0.05, 0) is 17.7 Å². The van der Waals surface area contributed by atoms with Crippen molar-refractivity contribution in [2.75, 3.05) is 11.5 Å². The fourth-order valence-corrected chi connectivity index (χ4v) is 2.20. The fraction of sp³-hybridized carbons (Fsp3) is 0.182. The Labute approximate surface area is 108 Å². The van der Waals surface area contributed by atoms with E-state index in [1.54, 1.807) is 23.9 Å². The fourth-order valence-electron chi connectivity index (χ4n) is 1.36. The number of benzene rings is 1. The summed E-state index contributed by atoms with van der Waals surface area (Å²) in [6.45, 7) is 0. The number of hydrogen-bond donors (Lipinski definition) is 2. The first-order chi connectivity index (χ1) is 8.63. The van der Waals surface area contributed by atoms with Gasteiger partial charge in [0.2, 0.25) is 11.9 Å². The molecule has 0 fully saturated rings. The molecule has 2 aromatic rings. The van der Waals surface area contributed by atoms with Crippen molar-refractivity contribution >= 4 is 23.7 Å². The van der Waals surface area contributed by atoms with Crippen LogP contribution in [0.1, 0.15) is 11.4 Å². The average Bonchev–Trinajstić information content (AvgIpc) is 2.30. The minimum absolute atomic E-state index is 0.125. The van der Waals surface area contributed by atoms with Gasteiger partial charge in [-0.3, -0.25) is 0 Å². The second-order valence-corrected chi connectivity index (χ2v) is 4.57. The van der Waals surface area contributed by atoms with Crippen molar-refractivity contribution in [2.24, 2.45) is 0 Å². The quantitative estimate of drug-likeness (QED) is 0.872. The van der Waals surface area contributed by atoms with E-state index in [2.05, 4.69) is 15.0 Å². The standard InChI is InChI=1S/C11H12FN5S/c12-8-3-1-7(2-4-8)5-18-6-9-15-10(13)17-11(14)16-9/h1-4H,5-6H2,(H4,13,14,15,16,17). The van der Waals surface area contributed by atoms with Gasteiger partial charge in [-0.2, -0.15) is 15.0 Å². The SMILES string of the molecule is Nc1nc(N)nc(CSCc2ccc(F)cc2)n1. The van der Waals surface area contributed by atoms with Gasteiger partial charge in [0.25, 0.3) is 0 Å². The predicted octanol–water partition coefficient (Wildman–Crippen LogP) is 1.61. The third kappa shape index (κ3) is 3.56. The molecule has 0 amide bonds. The highest BCUT2D eigenvalue weighted by Gasteiger charge is 2.02. The molecule has 1 aromatic carbocycles. The molecule has 0 saturated carbocycles. The lowest BCUT2D eigenvalue weighted by molar-refractivity contribution is 0.627. The van der Waals surface area contributed by atoms with Gasteiger partial charge in [-0.1, -0.05) is 12.1 Å². The normalized spacial score (nSPS) is 10.5. The van der Waals surface area contributed by atoms with Gasteiger partial charge in [0.05, 0.1) is 5.75 Å². The maximum Gasteiger partial charge on any atom is 0.225 e. The van der Waals surface area contributed by atoms with Crippen molar-refractivity contribution in [1.82, 2.24) is 15.0 Å². The van der Waals surface area contributed by atoms with Crippen molar-refractivity contribution < 1.29 is 4.39 Å². The summed E-state index contributed by atoms with van der Waals surface area (Å²) in [6, 6.07) is 6.38. The Morgan fingerprint density at radius 3 is 2.17 bits per heavy atom. The van der Waals surface area contributed by atoms with Crippen molar-refractivity contribution in [1.29, 1.82) is 0 Å². The van der Waals surface area contributed by atoms with Crippen molar-refractivity contribution in [3.05, 3.63) is 41.5 Å². The third-order valence-corrected chi connectivity index (χ3v) is 3.13. The molecule has 0 saturated heterocycles. The number of anilines is 2. The molecule has 0 unspecified atom stereocenters. The molecular weight excluding hydrogens is 253 g/mol. The summed E-state index contributed by atoms with van der Waals surface area (Å²) in [6.07, 6.45) is 0. The molecule has 94 valence electrons. The second-order valence-electron chi connectivity index (χ2n) is 3.59. The Morgan fingerprint density at radius 2 is 1.56 bits per heavy atom. The van der Waals surface area contributed by atoms with Crippen LogP contribution in [0, 0.1) is 5.82 Å². The van der Waals surface area contributed by atoms with Gasteiger partial charge in [0, 0.05) is 5.75 Å². The summed E-state index contributed by atoms with van der Waals surface area (Å²) in [5.74, 6) is 1.88. The van der Waals surface area contributed by atoms with E-state index in [-0.39, 0.29) is 17.7 Å². The number of rotatable bonds is 4. The summed E-state index contributed by atoms with van der Waals surface area (Å²) >= 11 is 1.60. The maximum absolute atomic E-state index is 12.7. The first-order valence-electron chi connectivity index (χ1n) is 5.21. The highest BCUT2D eigenvalue weighted by atomic mass is 32.2. The Balaban J connectivity index is 1.90. The van der Waals surface area contributed by atoms with E-state index in [4.69, 9.17) is 11.5 Å². The highest BCUT2D eigenvalue weighted by Crippen LogP contribution is 2.16. The Morgan fingerprint density at radius 1 is 0.944 bits per heavy atom. The predicted molar refractivity (Wildman–Crippen MR) is 70.1 cm³/mol. The van der Waals surface area contributed by atoms with E-state index >= 15 is 0 Å². The van der Waals surface area contributed by atoms with E-state index < -0.39 is 0 Å². The number of nitrogens with two attached hydrogens (primary N) is 2.